The lowest BCUT2D eigenvalue weighted by Crippen LogP contribution is -2.00. The summed E-state index contributed by atoms with van der Waals surface area (Å²) in [6.45, 7) is 1.11. The average Bonchev–Trinajstić information content (AvgIpc) is 3.48. The van der Waals surface area contributed by atoms with Gasteiger partial charge in [-0.3, -0.25) is 9.11 Å². The minimum atomic E-state index is -4.67. The first-order valence-electron chi connectivity index (χ1n) is 18.2. The van der Waals surface area contributed by atoms with E-state index in [1.165, 1.54) is 11.1 Å². The Morgan fingerprint density at radius 3 is 1.11 bits per heavy atom. The van der Waals surface area contributed by atoms with Gasteiger partial charge in [-0.2, -0.15) is 8.42 Å². The van der Waals surface area contributed by atoms with E-state index in [4.69, 9.17) is 31.7 Å². The van der Waals surface area contributed by atoms with Crippen LogP contribution in [0.1, 0.15) is 57.3 Å². The van der Waals surface area contributed by atoms with Crippen LogP contribution in [-0.4, -0.2) is 30.7 Å². The van der Waals surface area contributed by atoms with Gasteiger partial charge in [-0.1, -0.05) is 158 Å². The second-order valence-electron chi connectivity index (χ2n) is 13.1. The lowest BCUT2D eigenvalue weighted by atomic mass is 9.93. The lowest BCUT2D eigenvalue weighted by molar-refractivity contribution is 0.291. The number of benzene rings is 6. The zero-order chi connectivity index (χ0) is 38.7. The highest BCUT2D eigenvalue weighted by Gasteiger charge is 2.26. The molecular weight excluding hydrogens is 721 g/mol. The highest BCUT2D eigenvalue weighted by atomic mass is 32.3. The predicted octanol–water partition coefficient (Wildman–Crippen LogP) is 11.7. The maximum absolute atomic E-state index is 8.74. The highest BCUT2D eigenvalue weighted by molar-refractivity contribution is 7.79. The summed E-state index contributed by atoms with van der Waals surface area (Å²) in [5, 5.41) is 0. The Balaban J connectivity index is 0.000000905. The van der Waals surface area contributed by atoms with E-state index in [-0.39, 0.29) is 0 Å². The van der Waals surface area contributed by atoms with Crippen LogP contribution in [0.3, 0.4) is 0 Å². The van der Waals surface area contributed by atoms with Crippen molar-refractivity contribution in [1.29, 1.82) is 0 Å². The molecule has 2 N–H and O–H groups in total. The van der Waals surface area contributed by atoms with Crippen LogP contribution in [0.2, 0.25) is 0 Å². The Kier molecular flexibility index (Phi) is 12.0. The molecule has 0 bridgehead atoms. The lowest BCUT2D eigenvalue weighted by Gasteiger charge is -2.20. The molecular formula is C48H40O7S. The monoisotopic (exact) mass is 760 g/mol. The van der Waals surface area contributed by atoms with E-state index < -0.39 is 10.4 Å². The van der Waals surface area contributed by atoms with Gasteiger partial charge in [-0.05, 0) is 57.7 Å². The number of ether oxygens (including phenoxy) is 3. The fraction of sp³-hybridized carbons (Fsp3) is 0.0833. The molecule has 2 aliphatic heterocycles. The Bertz CT molecular complexity index is 2340. The summed E-state index contributed by atoms with van der Waals surface area (Å²) in [6.07, 6.45) is 10.3. The van der Waals surface area contributed by atoms with Crippen molar-refractivity contribution < 1.29 is 31.7 Å². The summed E-state index contributed by atoms with van der Waals surface area (Å²) < 4.78 is 51.8. The van der Waals surface area contributed by atoms with Gasteiger partial charge >= 0.3 is 10.4 Å². The molecule has 0 saturated heterocycles. The molecule has 280 valence electrons. The van der Waals surface area contributed by atoms with E-state index in [2.05, 4.69) is 158 Å². The van der Waals surface area contributed by atoms with Gasteiger partial charge in [-0.15, -0.1) is 0 Å². The van der Waals surface area contributed by atoms with Crippen molar-refractivity contribution in [3.63, 3.8) is 0 Å². The first kappa shape index (κ1) is 37.8. The van der Waals surface area contributed by atoms with Gasteiger partial charge in [0.25, 0.3) is 0 Å². The third-order valence-corrected chi connectivity index (χ3v) is 9.18. The van der Waals surface area contributed by atoms with Crippen LogP contribution in [0.4, 0.5) is 0 Å². The third-order valence-electron chi connectivity index (χ3n) is 9.18. The second kappa shape index (κ2) is 17.8. The molecule has 56 heavy (non-hydrogen) atoms. The van der Waals surface area contributed by atoms with Crippen molar-refractivity contribution in [2.24, 2.45) is 0 Å². The molecule has 0 unspecified atom stereocenters. The summed E-state index contributed by atoms with van der Waals surface area (Å²) in [6, 6.07) is 54.2. The Hall–Kier alpha value is -6.45. The second-order valence-corrected chi connectivity index (χ2v) is 14.0. The predicted molar refractivity (Wildman–Crippen MR) is 226 cm³/mol. The van der Waals surface area contributed by atoms with Crippen molar-refractivity contribution >= 4 is 57.4 Å². The maximum Gasteiger partial charge on any atom is 0.394 e. The third kappa shape index (κ3) is 9.99. The van der Waals surface area contributed by atoms with Gasteiger partial charge in [0.1, 0.15) is 23.0 Å². The van der Waals surface area contributed by atoms with Crippen molar-refractivity contribution in [2.75, 3.05) is 13.2 Å². The van der Waals surface area contributed by atoms with Crippen LogP contribution in [0.5, 0.6) is 11.5 Å². The fourth-order valence-corrected chi connectivity index (χ4v) is 6.80. The molecule has 0 amide bonds. The van der Waals surface area contributed by atoms with Gasteiger partial charge in [0.2, 0.25) is 0 Å². The number of hydrogen-bond donors (Lipinski definition) is 2. The molecule has 0 fully saturated rings. The largest absolute Gasteiger partial charge is 0.493 e. The Morgan fingerprint density at radius 1 is 0.446 bits per heavy atom. The van der Waals surface area contributed by atoms with E-state index in [0.29, 0.717) is 13.2 Å². The van der Waals surface area contributed by atoms with Crippen LogP contribution in [0, 0.1) is 0 Å². The van der Waals surface area contributed by atoms with E-state index in [9.17, 15) is 0 Å². The SMILES string of the molecule is C(=C1OCCC(=Cc2ccccc2)c2c(Oc3cccc4c3C(=Cc3ccccc3)CCOC4=Cc3ccccc3)cccc21)c1ccccc1.O=S(=O)(O)O. The topological polar surface area (TPSA) is 102 Å². The first-order chi connectivity index (χ1) is 27.3. The first-order valence-corrected chi connectivity index (χ1v) is 19.6. The van der Waals surface area contributed by atoms with E-state index in [1.807, 2.05) is 24.3 Å². The molecule has 0 atom stereocenters. The summed E-state index contributed by atoms with van der Waals surface area (Å²) in [5.74, 6) is 3.23. The zero-order valence-electron chi connectivity index (χ0n) is 30.5. The van der Waals surface area contributed by atoms with Crippen LogP contribution < -0.4 is 4.74 Å². The van der Waals surface area contributed by atoms with Crippen molar-refractivity contribution in [2.45, 2.75) is 12.8 Å². The molecule has 2 heterocycles. The molecule has 0 spiro atoms. The Morgan fingerprint density at radius 2 is 0.768 bits per heavy atom. The van der Waals surface area contributed by atoms with E-state index >= 15 is 0 Å². The summed E-state index contributed by atoms with van der Waals surface area (Å²) >= 11 is 0. The van der Waals surface area contributed by atoms with Crippen molar-refractivity contribution in [3.8, 4) is 11.5 Å². The molecule has 2 aliphatic rings. The van der Waals surface area contributed by atoms with Gasteiger partial charge in [0.05, 0.1) is 13.2 Å². The smallest absolute Gasteiger partial charge is 0.394 e. The van der Waals surface area contributed by atoms with Crippen LogP contribution in [-0.2, 0) is 19.9 Å². The van der Waals surface area contributed by atoms with Gasteiger partial charge in [0, 0.05) is 35.1 Å². The van der Waals surface area contributed by atoms with Crippen molar-refractivity contribution in [1.82, 2.24) is 0 Å². The summed E-state index contributed by atoms with van der Waals surface area (Å²) in [5.41, 5.74) is 10.9. The van der Waals surface area contributed by atoms with Gasteiger partial charge < -0.3 is 14.2 Å². The standard InChI is InChI=1S/C48H38O3.H2O4S/c1-5-15-35(16-6-1)31-39-27-29-49-45(33-37-19-9-3-10-20-37)41-23-13-25-43(47(39)41)51-44-26-14-24-42-46(34-38-21-11-4-12-22-38)50-30-28-40(48(42)44)32-36-17-7-2-8-18-36;1-5(2,3)4/h1-26,31-34H,27-30H2;(H2,1,2,3,4). The normalized spacial score (nSPS) is 16.7. The number of fused-ring (bicyclic) bond motifs is 2. The van der Waals surface area contributed by atoms with Crippen molar-refractivity contribution in [3.05, 3.63) is 202 Å². The summed E-state index contributed by atoms with van der Waals surface area (Å²) in [4.78, 5) is 0. The Labute approximate surface area is 327 Å². The van der Waals surface area contributed by atoms with E-state index in [1.54, 1.807) is 0 Å². The molecule has 8 rings (SSSR count). The van der Waals surface area contributed by atoms with Crippen LogP contribution >= 0.6 is 0 Å². The van der Waals surface area contributed by atoms with E-state index in [0.717, 1.165) is 80.4 Å². The minimum absolute atomic E-state index is 0.557. The molecule has 0 aliphatic carbocycles. The van der Waals surface area contributed by atoms with Gasteiger partial charge in [0.15, 0.2) is 0 Å². The fourth-order valence-electron chi connectivity index (χ4n) is 6.80. The number of hydrogen-bond acceptors (Lipinski definition) is 5. The molecule has 8 heteroatoms. The molecule has 6 aromatic rings. The average molecular weight is 761 g/mol. The maximum atomic E-state index is 8.74. The molecule has 6 aromatic carbocycles. The van der Waals surface area contributed by atoms with Gasteiger partial charge in [-0.25, -0.2) is 0 Å². The zero-order valence-corrected chi connectivity index (χ0v) is 31.3. The number of rotatable bonds is 6. The molecule has 0 aromatic heterocycles. The molecule has 7 nitrogen and oxygen atoms in total. The molecule has 0 saturated carbocycles. The molecule has 0 radical (unpaired) electrons. The minimum Gasteiger partial charge on any atom is -0.493 e. The van der Waals surface area contributed by atoms with Crippen LogP contribution in [0.15, 0.2) is 158 Å². The highest BCUT2D eigenvalue weighted by Crippen LogP contribution is 2.45. The quantitative estimate of drug-likeness (QED) is 0.163. The van der Waals surface area contributed by atoms with Crippen LogP contribution in [0.25, 0.3) is 47.0 Å². The summed E-state index contributed by atoms with van der Waals surface area (Å²) in [7, 11) is -4.67.